The Morgan fingerprint density at radius 1 is 1.09 bits per heavy atom. The molecule has 2 aliphatic heterocycles. The van der Waals surface area contributed by atoms with Gasteiger partial charge in [-0.2, -0.15) is 0 Å². The average molecular weight is 606 g/mol. The molecule has 0 amide bonds. The molecule has 0 radical (unpaired) electrons. The van der Waals surface area contributed by atoms with Gasteiger partial charge < -0.3 is 34.5 Å². The number of carboxylic acid groups (broad SMARTS) is 1. The third-order valence-electron chi connectivity index (χ3n) is 9.87. The molecule has 6 atom stereocenters. The minimum Gasteiger partial charge on any atom is -0.504 e. The average Bonchev–Trinajstić information content (AvgIpc) is 3.35. The van der Waals surface area contributed by atoms with Crippen LogP contribution in [0, 0.1) is 12.8 Å². The molecule has 10 nitrogen and oxygen atoms in total. The van der Waals surface area contributed by atoms with E-state index in [-0.39, 0.29) is 48.3 Å². The second kappa shape index (κ2) is 11.8. The van der Waals surface area contributed by atoms with Gasteiger partial charge in [0.25, 0.3) is 0 Å². The Bertz CT molecular complexity index is 1520. The molecule has 3 aliphatic rings. The number of hydrogen-bond donors (Lipinski definition) is 3. The highest BCUT2D eigenvalue weighted by Gasteiger charge is 2.69. The van der Waals surface area contributed by atoms with E-state index in [0.29, 0.717) is 24.1 Å². The number of ketones is 2. The number of piperidine rings is 1. The number of rotatable bonds is 10. The van der Waals surface area contributed by atoms with E-state index in [1.54, 1.807) is 42.5 Å². The van der Waals surface area contributed by atoms with Gasteiger partial charge in [0.2, 0.25) is 0 Å². The standard InChI is InChI=1S/C34H39NO9/c1-19-10-11-25(37)30-29(19)33-14-15-35(4)21(3)34(33,42)13-12-27(31(33)44-30)43-28(39)17-23(16-20(2)36)26(38)18-24(32(40)41)22-8-6-5-7-9-22/h5-12,21,23-24,31,37,42H,13-18H2,1-4H3,(H,40,41)/t21-,23+,24+,31+,33+,34-/m1/s1. The van der Waals surface area contributed by atoms with Crippen molar-refractivity contribution < 1.29 is 44.0 Å². The van der Waals surface area contributed by atoms with E-state index in [1.165, 1.54) is 13.0 Å². The number of likely N-dealkylation sites (N-methyl/N-ethyl adjacent to an activating group) is 1. The lowest BCUT2D eigenvalue weighted by Gasteiger charge is -2.58. The van der Waals surface area contributed by atoms with Crippen molar-refractivity contribution in [3.05, 3.63) is 71.0 Å². The smallest absolute Gasteiger partial charge is 0.311 e. The molecule has 0 aromatic heterocycles. The first-order valence-electron chi connectivity index (χ1n) is 14.9. The summed E-state index contributed by atoms with van der Waals surface area (Å²) in [4.78, 5) is 53.0. The van der Waals surface area contributed by atoms with Gasteiger partial charge in [0.05, 0.1) is 23.4 Å². The van der Waals surface area contributed by atoms with Gasteiger partial charge in [0.15, 0.2) is 17.6 Å². The summed E-state index contributed by atoms with van der Waals surface area (Å²) in [5, 5.41) is 32.9. The molecule has 1 aliphatic carbocycles. The number of Topliss-reactive ketones (excluding diaryl/α,β-unsaturated/α-hetero) is 2. The fourth-order valence-corrected chi connectivity index (χ4v) is 7.43. The molecule has 10 heteroatoms. The Hall–Kier alpha value is -4.02. The van der Waals surface area contributed by atoms with Crippen LogP contribution in [0.4, 0.5) is 0 Å². The third kappa shape index (κ3) is 5.20. The molecule has 234 valence electrons. The maximum absolute atomic E-state index is 13.4. The van der Waals surface area contributed by atoms with Crippen molar-refractivity contribution in [1.29, 1.82) is 0 Å². The van der Waals surface area contributed by atoms with E-state index < -0.39 is 53.1 Å². The van der Waals surface area contributed by atoms with Crippen LogP contribution in [-0.2, 0) is 29.3 Å². The highest BCUT2D eigenvalue weighted by molar-refractivity contribution is 5.93. The SMILES string of the molecule is CC(=O)C[C@@H](CC(=O)OC1=CC[C@@]2(O)[C@@H](C)N(C)CC[C@@]23c2c(C)ccc(O)c2O[C@@H]13)C(=O)C[C@H](C(=O)O)c1ccccc1. The van der Waals surface area contributed by atoms with Crippen LogP contribution in [0.25, 0.3) is 0 Å². The molecule has 1 fully saturated rings. The van der Waals surface area contributed by atoms with Crippen LogP contribution in [0.5, 0.6) is 11.5 Å². The van der Waals surface area contributed by atoms with E-state index >= 15 is 0 Å². The number of phenols is 1. The van der Waals surface area contributed by atoms with Crippen LogP contribution in [-0.4, -0.2) is 75.1 Å². The normalized spacial score (nSPS) is 27.1. The van der Waals surface area contributed by atoms with Crippen molar-refractivity contribution in [3.8, 4) is 11.5 Å². The van der Waals surface area contributed by atoms with Crippen LogP contribution in [0.1, 0.15) is 68.6 Å². The minimum absolute atomic E-state index is 0.0764. The van der Waals surface area contributed by atoms with E-state index in [9.17, 15) is 34.5 Å². The molecular formula is C34H39NO9. The molecule has 2 aromatic rings. The number of carbonyl (C=O) groups excluding carboxylic acids is 3. The predicted octanol–water partition coefficient (Wildman–Crippen LogP) is 3.80. The molecule has 3 N–H and O–H groups in total. The monoisotopic (exact) mass is 605 g/mol. The Morgan fingerprint density at radius 2 is 1.80 bits per heavy atom. The fraction of sp³-hybridized carbons (Fsp3) is 0.471. The van der Waals surface area contributed by atoms with E-state index in [2.05, 4.69) is 4.90 Å². The number of carboxylic acids is 1. The second-order valence-electron chi connectivity index (χ2n) is 12.5. The Labute approximate surface area is 256 Å². The van der Waals surface area contributed by atoms with Gasteiger partial charge in [-0.15, -0.1) is 0 Å². The van der Waals surface area contributed by atoms with Gasteiger partial charge in [-0.3, -0.25) is 14.4 Å². The number of hydrogen-bond acceptors (Lipinski definition) is 9. The zero-order chi connectivity index (χ0) is 32.0. The molecule has 1 spiro atoms. The lowest BCUT2D eigenvalue weighted by Crippen LogP contribution is -2.71. The van der Waals surface area contributed by atoms with Crippen molar-refractivity contribution in [1.82, 2.24) is 4.90 Å². The summed E-state index contributed by atoms with van der Waals surface area (Å²) in [5.41, 5.74) is -0.341. The number of aryl methyl sites for hydroxylation is 1. The van der Waals surface area contributed by atoms with Crippen molar-refractivity contribution in [3.63, 3.8) is 0 Å². The maximum Gasteiger partial charge on any atom is 0.311 e. The molecule has 2 aromatic carbocycles. The van der Waals surface area contributed by atoms with E-state index in [0.717, 1.165) is 5.56 Å². The third-order valence-corrected chi connectivity index (χ3v) is 9.87. The zero-order valence-corrected chi connectivity index (χ0v) is 25.4. The molecule has 0 bridgehead atoms. The fourth-order valence-electron chi connectivity index (χ4n) is 7.43. The summed E-state index contributed by atoms with van der Waals surface area (Å²) in [6.07, 6.45) is 0.295. The van der Waals surface area contributed by atoms with Crippen LogP contribution in [0.15, 0.2) is 54.3 Å². The van der Waals surface area contributed by atoms with Crippen molar-refractivity contribution >= 4 is 23.5 Å². The molecule has 2 heterocycles. The lowest BCUT2D eigenvalue weighted by atomic mass is 9.54. The summed E-state index contributed by atoms with van der Waals surface area (Å²) in [6, 6.07) is 11.4. The van der Waals surface area contributed by atoms with Gasteiger partial charge >= 0.3 is 11.9 Å². The summed E-state index contributed by atoms with van der Waals surface area (Å²) in [6.45, 7) is 5.77. The van der Waals surface area contributed by atoms with E-state index in [1.807, 2.05) is 20.9 Å². The first-order valence-corrected chi connectivity index (χ1v) is 14.9. The Morgan fingerprint density at radius 3 is 2.45 bits per heavy atom. The van der Waals surface area contributed by atoms with Gasteiger partial charge in [-0.05, 0) is 64.1 Å². The number of aliphatic carboxylic acids is 1. The van der Waals surface area contributed by atoms with Crippen molar-refractivity contribution in [2.24, 2.45) is 5.92 Å². The molecular weight excluding hydrogens is 566 g/mol. The highest BCUT2D eigenvalue weighted by Crippen LogP contribution is 2.62. The summed E-state index contributed by atoms with van der Waals surface area (Å²) >= 11 is 0. The molecule has 0 unspecified atom stereocenters. The quantitative estimate of drug-likeness (QED) is 0.341. The number of phenolic OH excluding ortho intramolecular Hbond substituents is 1. The first-order chi connectivity index (χ1) is 20.8. The van der Waals surface area contributed by atoms with Gasteiger partial charge in [-0.1, -0.05) is 36.4 Å². The summed E-state index contributed by atoms with van der Waals surface area (Å²) < 4.78 is 12.2. The highest BCUT2D eigenvalue weighted by atomic mass is 16.6. The van der Waals surface area contributed by atoms with Crippen LogP contribution in [0.2, 0.25) is 0 Å². The molecule has 1 saturated heterocycles. The number of nitrogens with zero attached hydrogens (tertiary/aromatic N) is 1. The minimum atomic E-state index is -1.30. The Kier molecular flexibility index (Phi) is 8.43. The van der Waals surface area contributed by atoms with E-state index in [4.69, 9.17) is 9.47 Å². The number of carbonyl (C=O) groups is 4. The van der Waals surface area contributed by atoms with Gasteiger partial charge in [0, 0.05) is 36.8 Å². The number of aliphatic hydroxyl groups is 1. The summed E-state index contributed by atoms with van der Waals surface area (Å²) in [5.74, 6) is -4.64. The number of esters is 1. The van der Waals surface area contributed by atoms with Crippen molar-refractivity contribution in [2.75, 3.05) is 13.6 Å². The maximum atomic E-state index is 13.4. The topological polar surface area (TPSA) is 151 Å². The summed E-state index contributed by atoms with van der Waals surface area (Å²) in [7, 11) is 1.94. The number of fused-ring (bicyclic) bond motifs is 1. The molecule has 5 rings (SSSR count). The number of ether oxygens (including phenoxy) is 2. The van der Waals surface area contributed by atoms with Gasteiger partial charge in [-0.25, -0.2) is 0 Å². The zero-order valence-electron chi connectivity index (χ0n) is 25.4. The van der Waals surface area contributed by atoms with Crippen LogP contribution >= 0.6 is 0 Å². The van der Waals surface area contributed by atoms with Crippen LogP contribution < -0.4 is 4.74 Å². The predicted molar refractivity (Wildman–Crippen MR) is 159 cm³/mol. The molecule has 0 saturated carbocycles. The number of benzene rings is 2. The number of aromatic hydroxyl groups is 1. The second-order valence-corrected chi connectivity index (χ2v) is 12.5. The Balaban J connectivity index is 1.41. The molecule has 44 heavy (non-hydrogen) atoms. The van der Waals surface area contributed by atoms with Crippen molar-refractivity contribution in [2.45, 2.75) is 82.0 Å². The van der Waals surface area contributed by atoms with Gasteiger partial charge in [0.1, 0.15) is 17.3 Å². The largest absolute Gasteiger partial charge is 0.504 e. The number of likely N-dealkylation sites (tertiary alicyclic amines) is 1. The lowest BCUT2D eigenvalue weighted by molar-refractivity contribution is -0.162. The first kappa shape index (κ1) is 31.4. The van der Waals surface area contributed by atoms with Crippen LogP contribution in [0.3, 0.4) is 0 Å².